The normalized spacial score (nSPS) is 14.0. The minimum atomic E-state index is 0.803. The molecule has 112 valence electrons. The first kappa shape index (κ1) is 14.0. The molecule has 21 heavy (non-hydrogen) atoms. The van der Waals surface area contributed by atoms with E-state index in [1.54, 1.807) is 0 Å². The zero-order valence-electron chi connectivity index (χ0n) is 12.9. The largest absolute Gasteiger partial charge is 0.370 e. The third-order valence-corrected chi connectivity index (χ3v) is 3.93. The second-order valence-electron chi connectivity index (χ2n) is 5.53. The van der Waals surface area contributed by atoms with Gasteiger partial charge in [-0.2, -0.15) is 0 Å². The lowest BCUT2D eigenvalue weighted by atomic mass is 9.96. The maximum Gasteiger partial charge on any atom is 0.180 e. The quantitative estimate of drug-likeness (QED) is 0.917. The SMILES string of the molecule is CCCn1cncc1-c1nc2c(c(NCC)n1)CCCC2. The van der Waals surface area contributed by atoms with E-state index in [-0.39, 0.29) is 0 Å². The van der Waals surface area contributed by atoms with Crippen LogP contribution in [0.15, 0.2) is 12.5 Å². The molecule has 1 aliphatic rings. The molecule has 0 saturated carbocycles. The van der Waals surface area contributed by atoms with Crippen LogP contribution in [0.2, 0.25) is 0 Å². The minimum absolute atomic E-state index is 0.803. The molecule has 2 aromatic heterocycles. The van der Waals surface area contributed by atoms with Crippen LogP contribution >= 0.6 is 0 Å². The first-order valence-corrected chi connectivity index (χ1v) is 7.97. The van der Waals surface area contributed by atoms with E-state index < -0.39 is 0 Å². The van der Waals surface area contributed by atoms with E-state index in [1.165, 1.54) is 24.1 Å². The van der Waals surface area contributed by atoms with Crippen LogP contribution in [-0.4, -0.2) is 26.1 Å². The topological polar surface area (TPSA) is 55.6 Å². The molecule has 0 aliphatic heterocycles. The standard InChI is InChI=1S/C16H23N5/c1-3-9-21-11-17-10-14(21)16-19-13-8-6-5-7-12(13)15(20-16)18-4-2/h10-11H,3-9H2,1-2H3,(H,18,19,20). The summed E-state index contributed by atoms with van der Waals surface area (Å²) in [6.45, 7) is 6.11. The lowest BCUT2D eigenvalue weighted by Crippen LogP contribution is -2.14. The highest BCUT2D eigenvalue weighted by Gasteiger charge is 2.19. The molecular weight excluding hydrogens is 262 g/mol. The summed E-state index contributed by atoms with van der Waals surface area (Å²) in [4.78, 5) is 13.9. The molecule has 0 bridgehead atoms. The zero-order valence-corrected chi connectivity index (χ0v) is 12.9. The van der Waals surface area contributed by atoms with Crippen molar-refractivity contribution < 1.29 is 0 Å². The Morgan fingerprint density at radius 2 is 2.05 bits per heavy atom. The van der Waals surface area contributed by atoms with Gasteiger partial charge >= 0.3 is 0 Å². The van der Waals surface area contributed by atoms with Crippen LogP contribution in [0.5, 0.6) is 0 Å². The second-order valence-corrected chi connectivity index (χ2v) is 5.53. The Labute approximate surface area is 125 Å². The summed E-state index contributed by atoms with van der Waals surface area (Å²) in [7, 11) is 0. The van der Waals surface area contributed by atoms with Gasteiger partial charge < -0.3 is 9.88 Å². The summed E-state index contributed by atoms with van der Waals surface area (Å²) >= 11 is 0. The third-order valence-electron chi connectivity index (χ3n) is 3.93. The predicted octanol–water partition coefficient (Wildman–Crippen LogP) is 3.06. The van der Waals surface area contributed by atoms with E-state index in [9.17, 15) is 0 Å². The Balaban J connectivity index is 2.06. The number of nitrogens with zero attached hydrogens (tertiary/aromatic N) is 4. The van der Waals surface area contributed by atoms with Crippen LogP contribution in [0.1, 0.15) is 44.4 Å². The first-order valence-electron chi connectivity index (χ1n) is 7.97. The van der Waals surface area contributed by atoms with Gasteiger partial charge in [-0.3, -0.25) is 0 Å². The van der Waals surface area contributed by atoms with Crippen LogP contribution in [0.3, 0.4) is 0 Å². The Morgan fingerprint density at radius 1 is 1.19 bits per heavy atom. The van der Waals surface area contributed by atoms with Crippen molar-refractivity contribution in [2.45, 2.75) is 52.5 Å². The summed E-state index contributed by atoms with van der Waals surface area (Å²) in [5.74, 6) is 1.82. The summed E-state index contributed by atoms with van der Waals surface area (Å²) in [5.41, 5.74) is 3.55. The van der Waals surface area contributed by atoms with Gasteiger partial charge in [0.05, 0.1) is 12.5 Å². The van der Waals surface area contributed by atoms with Crippen molar-refractivity contribution in [2.24, 2.45) is 0 Å². The summed E-state index contributed by atoms with van der Waals surface area (Å²) in [6.07, 6.45) is 9.43. The summed E-state index contributed by atoms with van der Waals surface area (Å²) in [6, 6.07) is 0. The van der Waals surface area contributed by atoms with Gasteiger partial charge in [-0.1, -0.05) is 6.92 Å². The summed E-state index contributed by atoms with van der Waals surface area (Å²) < 4.78 is 2.14. The lowest BCUT2D eigenvalue weighted by molar-refractivity contribution is 0.659. The van der Waals surface area contributed by atoms with Crippen molar-refractivity contribution in [1.82, 2.24) is 19.5 Å². The van der Waals surface area contributed by atoms with Crippen LogP contribution in [0, 0.1) is 0 Å². The fourth-order valence-corrected chi connectivity index (χ4v) is 2.95. The fraction of sp³-hybridized carbons (Fsp3) is 0.562. The molecule has 0 atom stereocenters. The van der Waals surface area contributed by atoms with E-state index in [0.29, 0.717) is 0 Å². The number of imidazole rings is 1. The van der Waals surface area contributed by atoms with Crippen molar-refractivity contribution in [1.29, 1.82) is 0 Å². The van der Waals surface area contributed by atoms with E-state index in [2.05, 4.69) is 28.7 Å². The van der Waals surface area contributed by atoms with E-state index in [1.807, 2.05) is 12.5 Å². The molecule has 1 aliphatic carbocycles. The Kier molecular flexibility index (Phi) is 4.18. The Hall–Kier alpha value is -1.91. The molecule has 1 N–H and O–H groups in total. The van der Waals surface area contributed by atoms with Crippen LogP contribution in [0.25, 0.3) is 11.5 Å². The van der Waals surface area contributed by atoms with Gasteiger partial charge in [-0.15, -0.1) is 0 Å². The number of fused-ring (bicyclic) bond motifs is 1. The molecule has 5 heteroatoms. The maximum absolute atomic E-state index is 4.83. The number of aromatic nitrogens is 4. The molecule has 2 aromatic rings. The van der Waals surface area contributed by atoms with Crippen molar-refractivity contribution in [3.05, 3.63) is 23.8 Å². The molecule has 0 spiro atoms. The van der Waals surface area contributed by atoms with Crippen LogP contribution in [-0.2, 0) is 19.4 Å². The molecule has 3 rings (SSSR count). The van der Waals surface area contributed by atoms with Crippen molar-refractivity contribution in [2.75, 3.05) is 11.9 Å². The van der Waals surface area contributed by atoms with Gasteiger partial charge in [0.2, 0.25) is 0 Å². The van der Waals surface area contributed by atoms with Crippen LogP contribution < -0.4 is 5.32 Å². The number of hydrogen-bond donors (Lipinski definition) is 1. The predicted molar refractivity (Wildman–Crippen MR) is 84.3 cm³/mol. The highest BCUT2D eigenvalue weighted by Crippen LogP contribution is 2.28. The third kappa shape index (κ3) is 2.77. The van der Waals surface area contributed by atoms with Gasteiger partial charge in [0, 0.05) is 24.3 Å². The van der Waals surface area contributed by atoms with Gasteiger partial charge in [0.25, 0.3) is 0 Å². The van der Waals surface area contributed by atoms with Gasteiger partial charge in [-0.25, -0.2) is 15.0 Å². The molecule has 0 radical (unpaired) electrons. The average molecular weight is 285 g/mol. The molecular formula is C16H23N5. The monoisotopic (exact) mass is 285 g/mol. The number of nitrogens with one attached hydrogen (secondary N) is 1. The highest BCUT2D eigenvalue weighted by atomic mass is 15.1. The highest BCUT2D eigenvalue weighted by molar-refractivity contribution is 5.57. The Morgan fingerprint density at radius 3 is 2.86 bits per heavy atom. The zero-order chi connectivity index (χ0) is 14.7. The molecule has 0 fully saturated rings. The Bertz CT molecular complexity index is 617. The molecule has 2 heterocycles. The molecule has 5 nitrogen and oxygen atoms in total. The van der Waals surface area contributed by atoms with E-state index in [0.717, 1.165) is 49.7 Å². The first-order chi connectivity index (χ1) is 10.3. The van der Waals surface area contributed by atoms with E-state index in [4.69, 9.17) is 9.97 Å². The fourth-order valence-electron chi connectivity index (χ4n) is 2.95. The number of rotatable bonds is 5. The smallest absolute Gasteiger partial charge is 0.180 e. The van der Waals surface area contributed by atoms with Gasteiger partial charge in [-0.05, 0) is 39.0 Å². The van der Waals surface area contributed by atoms with E-state index >= 15 is 0 Å². The van der Waals surface area contributed by atoms with Gasteiger partial charge in [0.1, 0.15) is 11.5 Å². The van der Waals surface area contributed by atoms with Crippen molar-refractivity contribution in [3.63, 3.8) is 0 Å². The van der Waals surface area contributed by atoms with Crippen LogP contribution in [0.4, 0.5) is 5.82 Å². The molecule has 0 aromatic carbocycles. The van der Waals surface area contributed by atoms with Crippen molar-refractivity contribution in [3.8, 4) is 11.5 Å². The van der Waals surface area contributed by atoms with Gasteiger partial charge in [0.15, 0.2) is 5.82 Å². The molecule has 0 unspecified atom stereocenters. The molecule has 0 amide bonds. The maximum atomic E-state index is 4.83. The lowest BCUT2D eigenvalue weighted by Gasteiger charge is -2.19. The minimum Gasteiger partial charge on any atom is -0.370 e. The molecule has 0 saturated heterocycles. The van der Waals surface area contributed by atoms with Crippen molar-refractivity contribution >= 4 is 5.82 Å². The second kappa shape index (κ2) is 6.24. The number of hydrogen-bond acceptors (Lipinski definition) is 4. The summed E-state index contributed by atoms with van der Waals surface area (Å²) in [5, 5.41) is 3.41. The number of anilines is 1. The average Bonchev–Trinajstić information content (AvgIpc) is 2.96. The number of aryl methyl sites for hydroxylation is 2.